The van der Waals surface area contributed by atoms with Gasteiger partial charge < -0.3 is 10.6 Å². The molecule has 2 amide bonds. The third-order valence-electron chi connectivity index (χ3n) is 6.56. The lowest BCUT2D eigenvalue weighted by Crippen LogP contribution is -2.68. The SMILES string of the molecule is CC1(C)C(C(=O)N[C@H]2CCC(=O)NC23CCC3)C1(C)C. The molecule has 1 saturated heterocycles. The van der Waals surface area contributed by atoms with E-state index in [9.17, 15) is 9.59 Å². The van der Waals surface area contributed by atoms with Crippen LogP contribution < -0.4 is 10.6 Å². The normalized spacial score (nSPS) is 33.2. The average Bonchev–Trinajstić information content (AvgIpc) is 2.69. The number of amides is 2. The second-order valence-electron chi connectivity index (χ2n) is 8.03. The van der Waals surface area contributed by atoms with Crippen molar-refractivity contribution >= 4 is 11.8 Å². The number of piperidine rings is 1. The highest BCUT2D eigenvalue weighted by Crippen LogP contribution is 2.68. The molecule has 1 aliphatic heterocycles. The second-order valence-corrected chi connectivity index (χ2v) is 8.03. The van der Waals surface area contributed by atoms with Gasteiger partial charge in [0.2, 0.25) is 11.8 Å². The topological polar surface area (TPSA) is 58.2 Å². The van der Waals surface area contributed by atoms with Crippen molar-refractivity contribution < 1.29 is 9.59 Å². The van der Waals surface area contributed by atoms with Gasteiger partial charge in [-0.15, -0.1) is 0 Å². The van der Waals surface area contributed by atoms with Crippen molar-refractivity contribution in [3.05, 3.63) is 0 Å². The first-order valence-electron chi connectivity index (χ1n) is 7.82. The predicted octanol–water partition coefficient (Wildman–Crippen LogP) is 1.99. The van der Waals surface area contributed by atoms with Crippen LogP contribution in [0.3, 0.4) is 0 Å². The summed E-state index contributed by atoms with van der Waals surface area (Å²) in [5.74, 6) is 0.402. The van der Waals surface area contributed by atoms with E-state index < -0.39 is 0 Å². The van der Waals surface area contributed by atoms with Gasteiger partial charge in [0.15, 0.2) is 0 Å². The minimum absolute atomic E-state index is 0.0712. The lowest BCUT2D eigenvalue weighted by Gasteiger charge is -2.51. The van der Waals surface area contributed by atoms with Crippen LogP contribution in [0.15, 0.2) is 0 Å². The van der Waals surface area contributed by atoms with Gasteiger partial charge >= 0.3 is 0 Å². The smallest absolute Gasteiger partial charge is 0.224 e. The highest BCUT2D eigenvalue weighted by atomic mass is 16.2. The monoisotopic (exact) mass is 278 g/mol. The Morgan fingerprint density at radius 1 is 1.20 bits per heavy atom. The van der Waals surface area contributed by atoms with E-state index in [2.05, 4.69) is 38.3 Å². The molecule has 4 heteroatoms. The molecule has 3 aliphatic rings. The molecule has 2 saturated carbocycles. The van der Waals surface area contributed by atoms with Crippen molar-refractivity contribution in [3.8, 4) is 0 Å². The summed E-state index contributed by atoms with van der Waals surface area (Å²) in [7, 11) is 0. The standard InChI is InChI=1S/C16H26N2O2/c1-14(2)12(15(14,3)4)13(20)17-10-6-7-11(19)18-16(10)8-5-9-16/h10,12H,5-9H2,1-4H3,(H,17,20)(H,18,19)/t10-/m0/s1. The number of carbonyl (C=O) groups excluding carboxylic acids is 2. The molecule has 0 unspecified atom stereocenters. The summed E-state index contributed by atoms with van der Waals surface area (Å²) >= 11 is 0. The summed E-state index contributed by atoms with van der Waals surface area (Å²) in [5, 5.41) is 6.38. The van der Waals surface area contributed by atoms with Crippen LogP contribution in [0.4, 0.5) is 0 Å². The zero-order chi connectivity index (χ0) is 14.8. The summed E-state index contributed by atoms with van der Waals surface area (Å²) < 4.78 is 0. The molecule has 0 aromatic heterocycles. The Hall–Kier alpha value is -1.06. The van der Waals surface area contributed by atoms with Crippen molar-refractivity contribution in [3.63, 3.8) is 0 Å². The van der Waals surface area contributed by atoms with Gasteiger partial charge in [-0.3, -0.25) is 9.59 Å². The second kappa shape index (κ2) is 3.99. The molecular formula is C16H26N2O2. The van der Waals surface area contributed by atoms with Crippen molar-refractivity contribution in [2.45, 2.75) is 71.4 Å². The van der Waals surface area contributed by atoms with E-state index in [-0.39, 0.29) is 40.1 Å². The highest BCUT2D eigenvalue weighted by Gasteiger charge is 2.68. The summed E-state index contributed by atoms with van der Waals surface area (Å²) in [6, 6.07) is 0.119. The Morgan fingerprint density at radius 2 is 1.80 bits per heavy atom. The zero-order valence-electron chi connectivity index (χ0n) is 13.0. The van der Waals surface area contributed by atoms with Gasteiger partial charge in [0.25, 0.3) is 0 Å². The van der Waals surface area contributed by atoms with E-state index in [4.69, 9.17) is 0 Å². The summed E-state index contributed by atoms with van der Waals surface area (Å²) in [6.07, 6.45) is 4.46. The van der Waals surface area contributed by atoms with E-state index in [0.29, 0.717) is 6.42 Å². The molecule has 2 N–H and O–H groups in total. The van der Waals surface area contributed by atoms with Crippen LogP contribution >= 0.6 is 0 Å². The first-order valence-corrected chi connectivity index (χ1v) is 7.82. The molecular weight excluding hydrogens is 252 g/mol. The van der Waals surface area contributed by atoms with Gasteiger partial charge in [-0.25, -0.2) is 0 Å². The largest absolute Gasteiger partial charge is 0.351 e. The summed E-state index contributed by atoms with van der Waals surface area (Å²) in [5.41, 5.74) is -0.00226. The molecule has 20 heavy (non-hydrogen) atoms. The molecule has 0 radical (unpaired) electrons. The predicted molar refractivity (Wildman–Crippen MR) is 76.9 cm³/mol. The number of rotatable bonds is 2. The van der Waals surface area contributed by atoms with Gasteiger partial charge in [0.05, 0.1) is 11.6 Å². The van der Waals surface area contributed by atoms with Gasteiger partial charge in [0, 0.05) is 12.3 Å². The Labute approximate surface area is 121 Å². The molecule has 1 spiro atoms. The minimum atomic E-state index is -0.145. The van der Waals surface area contributed by atoms with E-state index >= 15 is 0 Å². The maximum absolute atomic E-state index is 12.6. The molecule has 4 nitrogen and oxygen atoms in total. The van der Waals surface area contributed by atoms with Crippen LogP contribution in [0.2, 0.25) is 0 Å². The van der Waals surface area contributed by atoms with Gasteiger partial charge in [-0.1, -0.05) is 27.7 Å². The molecule has 3 rings (SSSR count). The number of hydrogen-bond acceptors (Lipinski definition) is 2. The summed E-state index contributed by atoms with van der Waals surface area (Å²) in [4.78, 5) is 24.2. The van der Waals surface area contributed by atoms with Crippen LogP contribution in [0.5, 0.6) is 0 Å². The Kier molecular flexibility index (Phi) is 2.77. The quantitative estimate of drug-likeness (QED) is 0.811. The minimum Gasteiger partial charge on any atom is -0.351 e. The molecule has 0 bridgehead atoms. The average molecular weight is 278 g/mol. The molecule has 3 fully saturated rings. The number of hydrogen-bond donors (Lipinski definition) is 2. The van der Waals surface area contributed by atoms with Crippen LogP contribution in [0, 0.1) is 16.7 Å². The lowest BCUT2D eigenvalue weighted by molar-refractivity contribution is -0.132. The molecule has 1 atom stereocenters. The van der Waals surface area contributed by atoms with E-state index in [1.165, 1.54) is 0 Å². The lowest BCUT2D eigenvalue weighted by atomic mass is 9.68. The van der Waals surface area contributed by atoms with Crippen molar-refractivity contribution in [1.29, 1.82) is 0 Å². The Morgan fingerprint density at radius 3 is 2.25 bits per heavy atom. The third-order valence-corrected chi connectivity index (χ3v) is 6.56. The fourth-order valence-corrected chi connectivity index (χ4v) is 4.33. The van der Waals surface area contributed by atoms with E-state index in [0.717, 1.165) is 25.7 Å². The molecule has 112 valence electrons. The van der Waals surface area contributed by atoms with Crippen molar-refractivity contribution in [1.82, 2.24) is 10.6 Å². The third kappa shape index (κ3) is 1.73. The molecule has 2 aliphatic carbocycles. The van der Waals surface area contributed by atoms with Crippen LogP contribution in [-0.4, -0.2) is 23.4 Å². The fourth-order valence-electron chi connectivity index (χ4n) is 4.33. The molecule has 0 aromatic carbocycles. The first-order chi connectivity index (χ1) is 9.21. The Bertz CT molecular complexity index is 449. The van der Waals surface area contributed by atoms with Gasteiger partial charge in [0.1, 0.15) is 0 Å². The highest BCUT2D eigenvalue weighted by molar-refractivity contribution is 5.85. The van der Waals surface area contributed by atoms with Gasteiger partial charge in [-0.05, 0) is 36.5 Å². The van der Waals surface area contributed by atoms with E-state index in [1.807, 2.05) is 0 Å². The maximum atomic E-state index is 12.6. The zero-order valence-corrected chi connectivity index (χ0v) is 13.0. The maximum Gasteiger partial charge on any atom is 0.224 e. The van der Waals surface area contributed by atoms with Crippen LogP contribution in [0.1, 0.15) is 59.8 Å². The van der Waals surface area contributed by atoms with Crippen molar-refractivity contribution in [2.24, 2.45) is 16.7 Å². The van der Waals surface area contributed by atoms with Crippen LogP contribution in [-0.2, 0) is 9.59 Å². The first kappa shape index (κ1) is 13.9. The van der Waals surface area contributed by atoms with E-state index in [1.54, 1.807) is 0 Å². The van der Waals surface area contributed by atoms with Crippen molar-refractivity contribution in [2.75, 3.05) is 0 Å². The molecule has 0 aromatic rings. The number of carbonyl (C=O) groups is 2. The Balaban J connectivity index is 1.69. The fraction of sp³-hybridized carbons (Fsp3) is 0.875. The van der Waals surface area contributed by atoms with Crippen LogP contribution in [0.25, 0.3) is 0 Å². The summed E-state index contributed by atoms with van der Waals surface area (Å²) in [6.45, 7) is 8.66. The molecule has 1 heterocycles. The number of nitrogens with one attached hydrogen (secondary N) is 2. The van der Waals surface area contributed by atoms with Gasteiger partial charge in [-0.2, -0.15) is 0 Å².